The average molecular weight is 209 g/mol. The minimum atomic E-state index is -0.865. The first-order valence-electron chi connectivity index (χ1n) is 4.55. The zero-order chi connectivity index (χ0) is 11.1. The van der Waals surface area contributed by atoms with Gasteiger partial charge < -0.3 is 10.0 Å². The molecule has 6 nitrogen and oxygen atoms in total. The molecule has 0 bridgehead atoms. The van der Waals surface area contributed by atoms with Gasteiger partial charge in [-0.3, -0.25) is 14.7 Å². The third-order valence-electron chi connectivity index (χ3n) is 2.61. The van der Waals surface area contributed by atoms with Crippen molar-refractivity contribution < 1.29 is 14.7 Å². The Kier molecular flexibility index (Phi) is 1.99. The van der Waals surface area contributed by atoms with Crippen LogP contribution in [-0.4, -0.2) is 45.2 Å². The highest BCUT2D eigenvalue weighted by Gasteiger charge is 2.47. The van der Waals surface area contributed by atoms with Crippen LogP contribution in [0.2, 0.25) is 0 Å². The number of aromatic nitrogens is 2. The molecule has 6 heteroatoms. The van der Waals surface area contributed by atoms with E-state index in [9.17, 15) is 9.59 Å². The maximum atomic E-state index is 11.7. The number of H-pyrrole nitrogens is 1. The number of carbonyl (C=O) groups excluding carboxylic acids is 1. The smallest absolute Gasteiger partial charge is 0.312 e. The van der Waals surface area contributed by atoms with Gasteiger partial charge >= 0.3 is 5.97 Å². The van der Waals surface area contributed by atoms with Gasteiger partial charge in [-0.25, -0.2) is 0 Å². The molecule has 2 heterocycles. The van der Waals surface area contributed by atoms with Gasteiger partial charge in [0.15, 0.2) is 0 Å². The van der Waals surface area contributed by atoms with Crippen molar-refractivity contribution in [2.75, 3.05) is 13.1 Å². The summed E-state index contributed by atoms with van der Waals surface area (Å²) in [5, 5.41) is 15.1. The number of amides is 1. The van der Waals surface area contributed by atoms with E-state index in [0.717, 1.165) is 0 Å². The van der Waals surface area contributed by atoms with Crippen LogP contribution in [0.5, 0.6) is 0 Å². The highest BCUT2D eigenvalue weighted by Crippen LogP contribution is 2.30. The van der Waals surface area contributed by atoms with Gasteiger partial charge in [-0.1, -0.05) is 0 Å². The molecule has 15 heavy (non-hydrogen) atoms. The normalized spacial score (nSPS) is 18.3. The zero-order valence-corrected chi connectivity index (χ0v) is 8.23. The Bertz CT molecular complexity index is 393. The second kappa shape index (κ2) is 3.08. The van der Waals surface area contributed by atoms with Gasteiger partial charge in [0.05, 0.1) is 0 Å². The number of hydrogen-bond donors (Lipinski definition) is 2. The van der Waals surface area contributed by atoms with Gasteiger partial charge in [-0.2, -0.15) is 5.10 Å². The first kappa shape index (κ1) is 9.70. The van der Waals surface area contributed by atoms with Gasteiger partial charge in [0.25, 0.3) is 5.91 Å². The molecule has 0 atom stereocenters. The number of hydrogen-bond acceptors (Lipinski definition) is 3. The summed E-state index contributed by atoms with van der Waals surface area (Å²) in [7, 11) is 0. The number of likely N-dealkylation sites (tertiary alicyclic amines) is 1. The molecule has 0 radical (unpaired) electrons. The molecule has 1 aromatic rings. The standard InChI is InChI=1S/C9H11N3O3/c1-9(8(14)15)4-12(5-9)7(13)6-2-3-10-11-6/h2-3H,4-5H2,1H3,(H,10,11)(H,14,15). The Balaban J connectivity index is 2.01. The Morgan fingerprint density at radius 3 is 2.73 bits per heavy atom. The fourth-order valence-corrected chi connectivity index (χ4v) is 1.62. The topological polar surface area (TPSA) is 86.3 Å². The monoisotopic (exact) mass is 209 g/mol. The van der Waals surface area contributed by atoms with Crippen molar-refractivity contribution in [2.45, 2.75) is 6.92 Å². The van der Waals surface area contributed by atoms with Crippen LogP contribution in [-0.2, 0) is 4.79 Å². The number of nitrogens with one attached hydrogen (secondary N) is 1. The summed E-state index contributed by atoms with van der Waals surface area (Å²) in [5.74, 6) is -1.07. The molecule has 0 saturated carbocycles. The van der Waals surface area contributed by atoms with Gasteiger partial charge in [0, 0.05) is 19.3 Å². The van der Waals surface area contributed by atoms with E-state index in [0.29, 0.717) is 5.69 Å². The molecular weight excluding hydrogens is 198 g/mol. The average Bonchev–Trinajstić information content (AvgIpc) is 2.64. The third-order valence-corrected chi connectivity index (χ3v) is 2.61. The lowest BCUT2D eigenvalue weighted by molar-refractivity contribution is -0.155. The highest BCUT2D eigenvalue weighted by atomic mass is 16.4. The molecule has 1 aliphatic rings. The van der Waals surface area contributed by atoms with E-state index >= 15 is 0 Å². The summed E-state index contributed by atoms with van der Waals surface area (Å²) in [6.45, 7) is 2.13. The fraction of sp³-hybridized carbons (Fsp3) is 0.444. The fourth-order valence-electron chi connectivity index (χ4n) is 1.62. The summed E-state index contributed by atoms with van der Waals surface area (Å²) in [4.78, 5) is 23.9. The van der Waals surface area contributed by atoms with E-state index in [2.05, 4.69) is 10.2 Å². The van der Waals surface area contributed by atoms with Crippen molar-refractivity contribution >= 4 is 11.9 Å². The Labute approximate surface area is 85.9 Å². The maximum absolute atomic E-state index is 11.7. The van der Waals surface area contributed by atoms with Gasteiger partial charge in [0.2, 0.25) is 0 Å². The number of carboxylic acids is 1. The first-order valence-corrected chi connectivity index (χ1v) is 4.55. The van der Waals surface area contributed by atoms with Crippen LogP contribution >= 0.6 is 0 Å². The van der Waals surface area contributed by atoms with Crippen LogP contribution in [0, 0.1) is 5.41 Å². The number of nitrogens with zero attached hydrogens (tertiary/aromatic N) is 2. The van der Waals surface area contributed by atoms with E-state index < -0.39 is 11.4 Å². The molecule has 1 saturated heterocycles. The van der Waals surface area contributed by atoms with E-state index in [-0.39, 0.29) is 19.0 Å². The van der Waals surface area contributed by atoms with Crippen LogP contribution in [0.25, 0.3) is 0 Å². The van der Waals surface area contributed by atoms with Gasteiger partial charge in [-0.05, 0) is 13.0 Å². The number of carboxylic acid groups (broad SMARTS) is 1. The second-order valence-corrected chi connectivity index (χ2v) is 4.00. The molecule has 1 fully saturated rings. The third kappa shape index (κ3) is 1.47. The predicted octanol–water partition coefficient (Wildman–Crippen LogP) is -0.0436. The largest absolute Gasteiger partial charge is 0.481 e. The lowest BCUT2D eigenvalue weighted by atomic mass is 9.82. The summed E-state index contributed by atoms with van der Waals surface area (Å²) >= 11 is 0. The van der Waals surface area contributed by atoms with E-state index in [1.54, 1.807) is 13.0 Å². The van der Waals surface area contributed by atoms with Crippen molar-refractivity contribution in [1.29, 1.82) is 0 Å². The predicted molar refractivity (Wildman–Crippen MR) is 50.2 cm³/mol. The maximum Gasteiger partial charge on any atom is 0.312 e. The molecule has 0 unspecified atom stereocenters. The van der Waals surface area contributed by atoms with Crippen LogP contribution in [0.3, 0.4) is 0 Å². The van der Waals surface area contributed by atoms with E-state index in [4.69, 9.17) is 5.11 Å². The molecule has 1 aromatic heterocycles. The summed E-state index contributed by atoms with van der Waals surface area (Å²) in [6.07, 6.45) is 1.49. The number of aliphatic carboxylic acids is 1. The van der Waals surface area contributed by atoms with Crippen molar-refractivity contribution in [3.63, 3.8) is 0 Å². The minimum absolute atomic E-state index is 0.203. The number of rotatable bonds is 2. The summed E-state index contributed by atoms with van der Waals surface area (Å²) in [5.41, 5.74) is -0.405. The molecule has 0 spiro atoms. The van der Waals surface area contributed by atoms with E-state index in [1.165, 1.54) is 11.1 Å². The SMILES string of the molecule is CC1(C(=O)O)CN(C(=O)c2ccn[nH]2)C1. The quantitative estimate of drug-likeness (QED) is 0.715. The van der Waals surface area contributed by atoms with Crippen molar-refractivity contribution in [3.8, 4) is 0 Å². The summed E-state index contributed by atoms with van der Waals surface area (Å²) < 4.78 is 0. The van der Waals surface area contributed by atoms with Crippen LogP contribution in [0.15, 0.2) is 12.3 Å². The summed E-state index contributed by atoms with van der Waals surface area (Å²) in [6, 6.07) is 1.57. The van der Waals surface area contributed by atoms with Gasteiger partial charge in [-0.15, -0.1) is 0 Å². The molecule has 2 rings (SSSR count). The van der Waals surface area contributed by atoms with E-state index in [1.807, 2.05) is 0 Å². The van der Waals surface area contributed by atoms with Crippen molar-refractivity contribution in [1.82, 2.24) is 15.1 Å². The molecule has 1 aliphatic heterocycles. The minimum Gasteiger partial charge on any atom is -0.481 e. The lowest BCUT2D eigenvalue weighted by Gasteiger charge is -2.44. The molecule has 1 amide bonds. The Morgan fingerprint density at radius 2 is 2.27 bits per heavy atom. The second-order valence-electron chi connectivity index (χ2n) is 4.00. The Morgan fingerprint density at radius 1 is 1.60 bits per heavy atom. The lowest BCUT2D eigenvalue weighted by Crippen LogP contribution is -2.60. The molecule has 0 aliphatic carbocycles. The zero-order valence-electron chi connectivity index (χ0n) is 8.23. The highest BCUT2D eigenvalue weighted by molar-refractivity contribution is 5.94. The number of carbonyl (C=O) groups is 2. The van der Waals surface area contributed by atoms with Crippen LogP contribution in [0.4, 0.5) is 0 Å². The first-order chi connectivity index (χ1) is 7.03. The number of aromatic amines is 1. The van der Waals surface area contributed by atoms with Crippen LogP contribution < -0.4 is 0 Å². The van der Waals surface area contributed by atoms with Crippen LogP contribution in [0.1, 0.15) is 17.4 Å². The molecular formula is C9H11N3O3. The van der Waals surface area contributed by atoms with Gasteiger partial charge in [0.1, 0.15) is 11.1 Å². The molecule has 80 valence electrons. The Hall–Kier alpha value is -1.85. The molecule has 2 N–H and O–H groups in total. The van der Waals surface area contributed by atoms with Crippen molar-refractivity contribution in [2.24, 2.45) is 5.41 Å². The molecule has 0 aromatic carbocycles. The van der Waals surface area contributed by atoms with Crippen molar-refractivity contribution in [3.05, 3.63) is 18.0 Å².